The molecule has 4 heteroatoms. The number of hydrogen-bond acceptors (Lipinski definition) is 1. The molecular weight excluding hydrogens is 210 g/mol. The number of nitrogens with one attached hydrogen (secondary N) is 1. The second kappa shape index (κ2) is 4.35. The molecule has 2 nitrogen and oxygen atoms in total. The summed E-state index contributed by atoms with van der Waals surface area (Å²) in [5, 5.41) is 2.86. The van der Waals surface area contributed by atoms with E-state index in [1.165, 1.54) is 0 Å². The molecule has 2 rings (SSSR count). The molecule has 0 unspecified atom stereocenters. The Labute approximate surface area is 92.5 Å². The summed E-state index contributed by atoms with van der Waals surface area (Å²) in [4.78, 5) is 0. The largest absolute Gasteiger partial charge is 0.378 e. The van der Waals surface area contributed by atoms with Crippen LogP contribution >= 0.6 is 0 Å². The van der Waals surface area contributed by atoms with Gasteiger partial charge < -0.3 is 9.88 Å². The van der Waals surface area contributed by atoms with Crippen molar-refractivity contribution in [3.63, 3.8) is 0 Å². The minimum Gasteiger partial charge on any atom is -0.378 e. The van der Waals surface area contributed by atoms with Gasteiger partial charge in [-0.3, -0.25) is 0 Å². The molecule has 0 saturated heterocycles. The van der Waals surface area contributed by atoms with Crippen molar-refractivity contribution < 1.29 is 8.78 Å². The number of halogens is 2. The van der Waals surface area contributed by atoms with Crippen LogP contribution in [-0.4, -0.2) is 4.57 Å². The lowest BCUT2D eigenvalue weighted by Crippen LogP contribution is -2.01. The van der Waals surface area contributed by atoms with E-state index >= 15 is 0 Å². The standard InChI is InChI=1S/C12H12F2N2/c1-16-5-4-9(8-16)7-15-12-6-10(13)2-3-11(12)14/h2-6,8,15H,7H2,1H3. The zero-order valence-electron chi connectivity index (χ0n) is 8.87. The SMILES string of the molecule is Cn1ccc(CNc2cc(F)ccc2F)c1. The summed E-state index contributed by atoms with van der Waals surface area (Å²) in [7, 11) is 1.91. The lowest BCUT2D eigenvalue weighted by molar-refractivity contribution is 0.602. The normalized spacial score (nSPS) is 10.4. The molecule has 1 aromatic heterocycles. The number of aryl methyl sites for hydroxylation is 1. The Morgan fingerprint density at radius 2 is 2.06 bits per heavy atom. The second-order valence-electron chi connectivity index (χ2n) is 3.66. The Kier molecular flexibility index (Phi) is 2.90. The minimum atomic E-state index is -0.447. The van der Waals surface area contributed by atoms with Gasteiger partial charge in [0.2, 0.25) is 0 Å². The first-order valence-corrected chi connectivity index (χ1v) is 4.95. The summed E-state index contributed by atoms with van der Waals surface area (Å²) >= 11 is 0. The molecule has 0 aliphatic rings. The van der Waals surface area contributed by atoms with E-state index in [4.69, 9.17) is 0 Å². The molecule has 0 saturated carbocycles. The maximum atomic E-state index is 13.2. The van der Waals surface area contributed by atoms with Gasteiger partial charge in [0.1, 0.15) is 11.6 Å². The van der Waals surface area contributed by atoms with Crippen LogP contribution in [0.15, 0.2) is 36.7 Å². The van der Waals surface area contributed by atoms with Gasteiger partial charge in [-0.25, -0.2) is 8.78 Å². The maximum absolute atomic E-state index is 13.2. The zero-order valence-corrected chi connectivity index (χ0v) is 8.87. The summed E-state index contributed by atoms with van der Waals surface area (Å²) in [5.74, 6) is -0.894. The molecule has 0 amide bonds. The third-order valence-electron chi connectivity index (χ3n) is 2.30. The summed E-state index contributed by atoms with van der Waals surface area (Å²) < 4.78 is 28.0. The Morgan fingerprint density at radius 3 is 2.75 bits per heavy atom. The number of aromatic nitrogens is 1. The van der Waals surface area contributed by atoms with E-state index in [0.717, 1.165) is 23.8 Å². The van der Waals surface area contributed by atoms with E-state index in [0.29, 0.717) is 6.54 Å². The lowest BCUT2D eigenvalue weighted by Gasteiger charge is -2.06. The van der Waals surface area contributed by atoms with Crippen LogP contribution in [0, 0.1) is 11.6 Å². The predicted molar refractivity (Wildman–Crippen MR) is 59.1 cm³/mol. The summed E-state index contributed by atoms with van der Waals surface area (Å²) in [5.41, 5.74) is 1.20. The maximum Gasteiger partial charge on any atom is 0.146 e. The molecule has 1 N–H and O–H groups in total. The fourth-order valence-electron chi connectivity index (χ4n) is 1.50. The molecule has 0 fully saturated rings. The van der Waals surface area contributed by atoms with Crippen LogP contribution in [0.25, 0.3) is 0 Å². The van der Waals surface area contributed by atoms with Crippen LogP contribution in [0.5, 0.6) is 0 Å². The van der Waals surface area contributed by atoms with E-state index in [2.05, 4.69) is 5.32 Å². The van der Waals surface area contributed by atoms with E-state index < -0.39 is 11.6 Å². The quantitative estimate of drug-likeness (QED) is 0.844. The van der Waals surface area contributed by atoms with Crippen LogP contribution in [0.2, 0.25) is 0 Å². The van der Waals surface area contributed by atoms with Crippen LogP contribution in [0.3, 0.4) is 0 Å². The molecular formula is C12H12F2N2. The number of anilines is 1. The van der Waals surface area contributed by atoms with E-state index in [1.807, 2.05) is 30.1 Å². The highest BCUT2D eigenvalue weighted by molar-refractivity contribution is 5.45. The molecule has 0 atom stereocenters. The van der Waals surface area contributed by atoms with Gasteiger partial charge in [0.05, 0.1) is 5.69 Å². The Balaban J connectivity index is 2.07. The highest BCUT2D eigenvalue weighted by atomic mass is 19.1. The van der Waals surface area contributed by atoms with E-state index in [1.54, 1.807) is 0 Å². The first-order valence-electron chi connectivity index (χ1n) is 4.95. The first kappa shape index (κ1) is 10.7. The smallest absolute Gasteiger partial charge is 0.146 e. The van der Waals surface area contributed by atoms with Crippen molar-refractivity contribution in [3.05, 3.63) is 53.9 Å². The summed E-state index contributed by atoms with van der Waals surface area (Å²) in [6, 6.07) is 5.29. The Bertz CT molecular complexity index is 492. The first-order chi connectivity index (χ1) is 7.65. The Morgan fingerprint density at radius 1 is 1.25 bits per heavy atom. The highest BCUT2D eigenvalue weighted by Crippen LogP contribution is 2.16. The van der Waals surface area contributed by atoms with Crippen LogP contribution < -0.4 is 5.32 Å². The molecule has 2 aromatic rings. The molecule has 84 valence electrons. The monoisotopic (exact) mass is 222 g/mol. The van der Waals surface area contributed by atoms with Gasteiger partial charge in [-0.15, -0.1) is 0 Å². The number of benzene rings is 1. The fourth-order valence-corrected chi connectivity index (χ4v) is 1.50. The van der Waals surface area contributed by atoms with Crippen molar-refractivity contribution in [2.45, 2.75) is 6.54 Å². The molecule has 1 aromatic carbocycles. The number of nitrogens with zero attached hydrogens (tertiary/aromatic N) is 1. The van der Waals surface area contributed by atoms with Gasteiger partial charge in [-0.2, -0.15) is 0 Å². The van der Waals surface area contributed by atoms with Crippen LogP contribution in [-0.2, 0) is 13.6 Å². The van der Waals surface area contributed by atoms with Crippen molar-refractivity contribution >= 4 is 5.69 Å². The van der Waals surface area contributed by atoms with Crippen molar-refractivity contribution in [3.8, 4) is 0 Å². The van der Waals surface area contributed by atoms with Gasteiger partial charge in [-0.1, -0.05) is 0 Å². The average molecular weight is 222 g/mol. The second-order valence-corrected chi connectivity index (χ2v) is 3.66. The summed E-state index contributed by atoms with van der Waals surface area (Å²) in [6.07, 6.45) is 3.82. The summed E-state index contributed by atoms with van der Waals surface area (Å²) in [6.45, 7) is 0.473. The lowest BCUT2D eigenvalue weighted by atomic mass is 10.2. The molecule has 0 bridgehead atoms. The van der Waals surface area contributed by atoms with Crippen LogP contribution in [0.1, 0.15) is 5.56 Å². The fraction of sp³-hybridized carbons (Fsp3) is 0.167. The highest BCUT2D eigenvalue weighted by Gasteiger charge is 2.03. The topological polar surface area (TPSA) is 17.0 Å². The molecule has 1 heterocycles. The van der Waals surface area contributed by atoms with E-state index in [-0.39, 0.29) is 5.69 Å². The molecule has 0 aliphatic heterocycles. The number of hydrogen-bond donors (Lipinski definition) is 1. The number of rotatable bonds is 3. The minimum absolute atomic E-state index is 0.184. The third-order valence-corrected chi connectivity index (χ3v) is 2.30. The van der Waals surface area contributed by atoms with Gasteiger partial charge >= 0.3 is 0 Å². The Hall–Kier alpha value is -1.84. The van der Waals surface area contributed by atoms with Gasteiger partial charge in [0.25, 0.3) is 0 Å². The third kappa shape index (κ3) is 2.39. The van der Waals surface area contributed by atoms with Crippen molar-refractivity contribution in [2.24, 2.45) is 7.05 Å². The van der Waals surface area contributed by atoms with Crippen molar-refractivity contribution in [1.29, 1.82) is 0 Å². The molecule has 0 spiro atoms. The van der Waals surface area contributed by atoms with E-state index in [9.17, 15) is 8.78 Å². The van der Waals surface area contributed by atoms with Gasteiger partial charge in [0.15, 0.2) is 0 Å². The molecule has 0 aliphatic carbocycles. The predicted octanol–water partition coefficient (Wildman–Crippen LogP) is 2.92. The molecule has 16 heavy (non-hydrogen) atoms. The van der Waals surface area contributed by atoms with Gasteiger partial charge in [-0.05, 0) is 29.8 Å². The zero-order chi connectivity index (χ0) is 11.5. The van der Waals surface area contributed by atoms with Crippen molar-refractivity contribution in [2.75, 3.05) is 5.32 Å². The van der Waals surface area contributed by atoms with Crippen molar-refractivity contribution in [1.82, 2.24) is 4.57 Å². The van der Waals surface area contributed by atoms with Gasteiger partial charge in [0, 0.05) is 26.0 Å². The average Bonchev–Trinajstić information content (AvgIpc) is 2.66. The molecule has 0 radical (unpaired) electrons. The van der Waals surface area contributed by atoms with Crippen LogP contribution in [0.4, 0.5) is 14.5 Å².